The Kier molecular flexibility index (Phi) is 4.85. The van der Waals surface area contributed by atoms with Crippen LogP contribution in [0.2, 0.25) is 0 Å². The number of piperidine rings is 1. The molecule has 2 saturated heterocycles. The summed E-state index contributed by atoms with van der Waals surface area (Å²) in [6, 6.07) is 5.86. The lowest BCUT2D eigenvalue weighted by atomic mass is 9.88. The van der Waals surface area contributed by atoms with Crippen molar-refractivity contribution in [3.05, 3.63) is 35.0 Å². The molecule has 3 aliphatic rings. The molecule has 30 heavy (non-hydrogen) atoms. The summed E-state index contributed by atoms with van der Waals surface area (Å²) in [6.45, 7) is 6.25. The molecule has 1 aromatic carbocycles. The number of hydrogen-bond donors (Lipinski definition) is 2. The summed E-state index contributed by atoms with van der Waals surface area (Å²) in [4.78, 5) is 30.5. The van der Waals surface area contributed by atoms with E-state index in [1.807, 2.05) is 24.0 Å². The summed E-state index contributed by atoms with van der Waals surface area (Å²) in [5.41, 5.74) is 3.76. The lowest BCUT2D eigenvalue weighted by Crippen LogP contribution is -2.47. The van der Waals surface area contributed by atoms with Gasteiger partial charge in [0.2, 0.25) is 5.91 Å². The molecule has 160 valence electrons. The molecule has 1 atom stereocenters. The van der Waals surface area contributed by atoms with Crippen molar-refractivity contribution in [3.8, 4) is 0 Å². The fourth-order valence-corrected chi connectivity index (χ4v) is 5.10. The van der Waals surface area contributed by atoms with E-state index in [9.17, 15) is 9.59 Å². The van der Waals surface area contributed by atoms with E-state index in [0.29, 0.717) is 23.9 Å². The number of rotatable bonds is 4. The molecule has 2 N–H and O–H groups in total. The Morgan fingerprint density at radius 1 is 1.17 bits per heavy atom. The zero-order chi connectivity index (χ0) is 20.9. The standard InChI is InChI=1S/C24H31N3O3/c1-15-16(2)26-21-19(15)4-3-5-20(21)22(28)25-14-18-8-9-24(30-18)10-12-27(13-11-24)23(29)17-6-7-17/h3-5,17-18,26H,6-14H2,1-2H3,(H,25,28). The summed E-state index contributed by atoms with van der Waals surface area (Å²) in [6.07, 6.45) is 5.98. The zero-order valence-electron chi connectivity index (χ0n) is 17.9. The highest BCUT2D eigenvalue weighted by molar-refractivity contribution is 6.06. The Morgan fingerprint density at radius 2 is 1.93 bits per heavy atom. The Morgan fingerprint density at radius 3 is 2.67 bits per heavy atom. The SMILES string of the molecule is Cc1[nH]c2c(C(=O)NCC3CCC4(CCN(C(=O)C5CC5)CC4)O3)cccc2c1C. The van der Waals surface area contributed by atoms with E-state index in [0.717, 1.165) is 68.2 Å². The van der Waals surface area contributed by atoms with Crippen LogP contribution >= 0.6 is 0 Å². The number of likely N-dealkylation sites (tertiary alicyclic amines) is 1. The van der Waals surface area contributed by atoms with E-state index < -0.39 is 0 Å². The highest BCUT2D eigenvalue weighted by Crippen LogP contribution is 2.40. The predicted molar refractivity (Wildman–Crippen MR) is 115 cm³/mol. The second kappa shape index (κ2) is 7.41. The minimum absolute atomic E-state index is 0.0472. The van der Waals surface area contributed by atoms with Gasteiger partial charge in [0.05, 0.1) is 22.8 Å². The van der Waals surface area contributed by atoms with E-state index in [-0.39, 0.29) is 17.6 Å². The Hall–Kier alpha value is -2.34. The maximum absolute atomic E-state index is 12.9. The summed E-state index contributed by atoms with van der Waals surface area (Å²) in [5, 5.41) is 4.19. The molecule has 6 heteroatoms. The van der Waals surface area contributed by atoms with Crippen molar-refractivity contribution in [1.82, 2.24) is 15.2 Å². The number of benzene rings is 1. The first-order valence-corrected chi connectivity index (χ1v) is 11.3. The van der Waals surface area contributed by atoms with Gasteiger partial charge in [0, 0.05) is 36.6 Å². The Balaban J connectivity index is 1.17. The molecule has 1 saturated carbocycles. The lowest BCUT2D eigenvalue weighted by molar-refractivity contribution is -0.138. The summed E-state index contributed by atoms with van der Waals surface area (Å²) in [7, 11) is 0. The largest absolute Gasteiger partial charge is 0.370 e. The van der Waals surface area contributed by atoms with Gasteiger partial charge in [0.25, 0.3) is 5.91 Å². The number of ether oxygens (including phenoxy) is 1. The minimum atomic E-state index is -0.108. The number of para-hydroxylation sites is 1. The molecule has 5 rings (SSSR count). The van der Waals surface area contributed by atoms with Gasteiger partial charge in [-0.1, -0.05) is 12.1 Å². The van der Waals surface area contributed by atoms with Crippen molar-refractivity contribution in [2.24, 2.45) is 5.92 Å². The van der Waals surface area contributed by atoms with Crippen LogP contribution in [0.4, 0.5) is 0 Å². The van der Waals surface area contributed by atoms with Gasteiger partial charge in [0.1, 0.15) is 0 Å². The molecule has 1 aliphatic carbocycles. The first kappa shape index (κ1) is 19.6. The van der Waals surface area contributed by atoms with Crippen molar-refractivity contribution < 1.29 is 14.3 Å². The van der Waals surface area contributed by atoms with Crippen LogP contribution < -0.4 is 5.32 Å². The van der Waals surface area contributed by atoms with Gasteiger partial charge >= 0.3 is 0 Å². The van der Waals surface area contributed by atoms with Crippen LogP contribution in [0.15, 0.2) is 18.2 Å². The minimum Gasteiger partial charge on any atom is -0.370 e. The Bertz CT molecular complexity index is 983. The normalized spacial score (nSPS) is 23.3. The van der Waals surface area contributed by atoms with Gasteiger partial charge in [-0.15, -0.1) is 0 Å². The number of aromatic nitrogens is 1. The zero-order valence-corrected chi connectivity index (χ0v) is 17.9. The van der Waals surface area contributed by atoms with Gasteiger partial charge in [-0.05, 0) is 64.0 Å². The number of carbonyl (C=O) groups is 2. The second-order valence-electron chi connectivity index (χ2n) is 9.37. The van der Waals surface area contributed by atoms with Gasteiger partial charge in [-0.25, -0.2) is 0 Å². The first-order chi connectivity index (χ1) is 14.5. The molecule has 6 nitrogen and oxygen atoms in total. The van der Waals surface area contributed by atoms with Gasteiger partial charge < -0.3 is 19.9 Å². The molecule has 2 aromatic rings. The van der Waals surface area contributed by atoms with Gasteiger partial charge in [0.15, 0.2) is 0 Å². The molecule has 0 radical (unpaired) electrons. The third-order valence-corrected chi connectivity index (χ3v) is 7.33. The quantitative estimate of drug-likeness (QED) is 0.812. The van der Waals surface area contributed by atoms with E-state index >= 15 is 0 Å². The van der Waals surface area contributed by atoms with Crippen LogP contribution in [0, 0.1) is 19.8 Å². The third kappa shape index (κ3) is 3.51. The smallest absolute Gasteiger partial charge is 0.253 e. The van der Waals surface area contributed by atoms with Crippen molar-refractivity contribution in [3.63, 3.8) is 0 Å². The van der Waals surface area contributed by atoms with Crippen molar-refractivity contribution in [1.29, 1.82) is 0 Å². The average molecular weight is 410 g/mol. The number of H-pyrrole nitrogens is 1. The van der Waals surface area contributed by atoms with Crippen molar-refractivity contribution in [2.45, 2.75) is 64.1 Å². The molecule has 1 unspecified atom stereocenters. The molecule has 3 fully saturated rings. The number of amides is 2. The molecular weight excluding hydrogens is 378 g/mol. The number of aromatic amines is 1. The maximum atomic E-state index is 12.9. The molecule has 0 bridgehead atoms. The number of aryl methyl sites for hydroxylation is 2. The van der Waals surface area contributed by atoms with E-state index in [2.05, 4.69) is 23.3 Å². The average Bonchev–Trinajstić information content (AvgIpc) is 3.48. The maximum Gasteiger partial charge on any atom is 0.253 e. The second-order valence-corrected chi connectivity index (χ2v) is 9.37. The van der Waals surface area contributed by atoms with Crippen LogP contribution in [-0.2, 0) is 9.53 Å². The van der Waals surface area contributed by atoms with E-state index in [4.69, 9.17) is 4.74 Å². The monoisotopic (exact) mass is 409 g/mol. The van der Waals surface area contributed by atoms with E-state index in [1.54, 1.807) is 0 Å². The van der Waals surface area contributed by atoms with Crippen molar-refractivity contribution >= 4 is 22.7 Å². The van der Waals surface area contributed by atoms with Crippen LogP contribution in [0.25, 0.3) is 10.9 Å². The lowest BCUT2D eigenvalue weighted by Gasteiger charge is -2.39. The van der Waals surface area contributed by atoms with Gasteiger partial charge in [-0.2, -0.15) is 0 Å². The van der Waals surface area contributed by atoms with Crippen LogP contribution in [-0.4, -0.2) is 53.0 Å². The summed E-state index contributed by atoms with van der Waals surface area (Å²) in [5.74, 6) is 0.579. The topological polar surface area (TPSA) is 74.4 Å². The molecule has 1 aromatic heterocycles. The third-order valence-electron chi connectivity index (χ3n) is 7.33. The van der Waals surface area contributed by atoms with Crippen molar-refractivity contribution in [2.75, 3.05) is 19.6 Å². The number of nitrogens with one attached hydrogen (secondary N) is 2. The summed E-state index contributed by atoms with van der Waals surface area (Å²) < 4.78 is 6.43. The fourth-order valence-electron chi connectivity index (χ4n) is 5.10. The van der Waals surface area contributed by atoms with Crippen LogP contribution in [0.1, 0.15) is 60.1 Å². The van der Waals surface area contributed by atoms with Gasteiger partial charge in [-0.3, -0.25) is 9.59 Å². The van der Waals surface area contributed by atoms with Crippen LogP contribution in [0.5, 0.6) is 0 Å². The fraction of sp³-hybridized carbons (Fsp3) is 0.583. The molecule has 3 heterocycles. The molecule has 2 aliphatic heterocycles. The first-order valence-electron chi connectivity index (χ1n) is 11.3. The number of nitrogens with zero attached hydrogens (tertiary/aromatic N) is 1. The number of carbonyl (C=O) groups excluding carboxylic acids is 2. The summed E-state index contributed by atoms with van der Waals surface area (Å²) >= 11 is 0. The predicted octanol–water partition coefficient (Wildman–Crippen LogP) is 3.46. The Labute approximate surface area is 177 Å². The molecule has 1 spiro atoms. The van der Waals surface area contributed by atoms with E-state index in [1.165, 1.54) is 5.56 Å². The molecule has 2 amide bonds. The highest BCUT2D eigenvalue weighted by Gasteiger charge is 2.44. The van der Waals surface area contributed by atoms with Crippen LogP contribution in [0.3, 0.4) is 0 Å². The highest BCUT2D eigenvalue weighted by atomic mass is 16.5. The number of fused-ring (bicyclic) bond motifs is 1. The molecular formula is C24H31N3O3. The number of hydrogen-bond acceptors (Lipinski definition) is 3.